The molecule has 22 heavy (non-hydrogen) atoms. The highest BCUT2D eigenvalue weighted by Crippen LogP contribution is 2.24. The molecule has 2 aromatic rings. The highest BCUT2D eigenvalue weighted by atomic mass is 32.1. The van der Waals surface area contributed by atoms with Gasteiger partial charge in [0.1, 0.15) is 16.9 Å². The minimum Gasteiger partial charge on any atom is -0.496 e. The van der Waals surface area contributed by atoms with Crippen LogP contribution in [0.3, 0.4) is 0 Å². The Balaban J connectivity index is 1.64. The molecule has 2 heterocycles. The Morgan fingerprint density at radius 3 is 3.09 bits per heavy atom. The number of anilines is 1. The van der Waals surface area contributed by atoms with E-state index < -0.39 is 0 Å². The lowest BCUT2D eigenvalue weighted by atomic mass is 10.1. The van der Waals surface area contributed by atoms with E-state index in [2.05, 4.69) is 15.5 Å². The van der Waals surface area contributed by atoms with Gasteiger partial charge in [0.2, 0.25) is 5.13 Å². The lowest BCUT2D eigenvalue weighted by molar-refractivity contribution is -0.124. The minimum atomic E-state index is -0.360. The minimum absolute atomic E-state index is 0.141. The van der Waals surface area contributed by atoms with E-state index in [-0.39, 0.29) is 12.0 Å². The van der Waals surface area contributed by atoms with Crippen LogP contribution in [0.25, 0.3) is 0 Å². The lowest BCUT2D eigenvalue weighted by Gasteiger charge is -2.07. The first-order chi connectivity index (χ1) is 10.8. The molecule has 3 rings (SSSR count). The first-order valence-corrected chi connectivity index (χ1v) is 7.94. The number of aromatic nitrogens is 2. The molecule has 116 valence electrons. The number of nitrogens with zero attached hydrogens (tertiary/aromatic N) is 2. The quantitative estimate of drug-likeness (QED) is 0.915. The van der Waals surface area contributed by atoms with Crippen molar-refractivity contribution in [3.63, 3.8) is 0 Å². The first kappa shape index (κ1) is 14.9. The molecule has 1 aromatic carbocycles. The maximum atomic E-state index is 12.0. The van der Waals surface area contributed by atoms with E-state index in [0.717, 1.165) is 29.2 Å². The zero-order valence-corrected chi connectivity index (χ0v) is 13.1. The number of benzene rings is 1. The summed E-state index contributed by atoms with van der Waals surface area (Å²) in [7, 11) is 1.65. The number of methoxy groups -OCH3 is 1. The number of carbonyl (C=O) groups is 1. The van der Waals surface area contributed by atoms with Crippen LogP contribution in [0.1, 0.15) is 23.4 Å². The van der Waals surface area contributed by atoms with Crippen LogP contribution >= 0.6 is 11.3 Å². The summed E-state index contributed by atoms with van der Waals surface area (Å²) in [6, 6.07) is 7.79. The average molecular weight is 319 g/mol. The molecule has 1 N–H and O–H groups in total. The number of carbonyl (C=O) groups excluding carboxylic acids is 1. The van der Waals surface area contributed by atoms with E-state index in [9.17, 15) is 4.79 Å². The fourth-order valence-corrected chi connectivity index (χ4v) is 3.12. The molecule has 0 radical (unpaired) electrons. The Hall–Kier alpha value is -1.99. The monoisotopic (exact) mass is 319 g/mol. The smallest absolute Gasteiger partial charge is 0.255 e. The van der Waals surface area contributed by atoms with Crippen LogP contribution in [-0.2, 0) is 16.0 Å². The second-order valence-corrected chi connectivity index (χ2v) is 6.04. The summed E-state index contributed by atoms with van der Waals surface area (Å²) < 4.78 is 10.7. The Bertz CT molecular complexity index is 653. The van der Waals surface area contributed by atoms with Gasteiger partial charge in [-0.05, 0) is 18.9 Å². The summed E-state index contributed by atoms with van der Waals surface area (Å²) in [6.07, 6.45) is 1.95. The number of para-hydroxylation sites is 1. The van der Waals surface area contributed by atoms with Gasteiger partial charge in [-0.15, -0.1) is 10.2 Å². The normalized spacial score (nSPS) is 17.4. The third-order valence-corrected chi connectivity index (χ3v) is 4.29. The first-order valence-electron chi connectivity index (χ1n) is 7.13. The Labute approximate surface area is 132 Å². The molecule has 0 saturated carbocycles. The summed E-state index contributed by atoms with van der Waals surface area (Å²) in [6.45, 7) is 0.646. The summed E-state index contributed by atoms with van der Waals surface area (Å²) in [5.74, 6) is 0.681. The molecule has 7 heteroatoms. The van der Waals surface area contributed by atoms with Crippen molar-refractivity contribution in [2.24, 2.45) is 0 Å². The molecule has 1 aliphatic rings. The van der Waals surface area contributed by atoms with Gasteiger partial charge in [-0.1, -0.05) is 29.5 Å². The van der Waals surface area contributed by atoms with Crippen molar-refractivity contribution in [1.29, 1.82) is 0 Å². The number of rotatable bonds is 5. The molecule has 0 bridgehead atoms. The lowest BCUT2D eigenvalue weighted by Crippen LogP contribution is -2.26. The van der Waals surface area contributed by atoms with Gasteiger partial charge in [0.05, 0.1) is 7.11 Å². The molecule has 6 nitrogen and oxygen atoms in total. The summed E-state index contributed by atoms with van der Waals surface area (Å²) in [5, 5.41) is 12.2. The molecule has 1 fully saturated rings. The standard InChI is InChI=1S/C15H17N3O3S/c1-20-11-6-3-2-5-10(11)9-13-17-18-15(22-13)16-14(19)12-7-4-8-21-12/h2-3,5-6,12H,4,7-9H2,1H3,(H,16,18,19)/t12-/m0/s1. The van der Waals surface area contributed by atoms with Gasteiger partial charge in [-0.2, -0.15) is 0 Å². The van der Waals surface area contributed by atoms with Gasteiger partial charge in [-0.3, -0.25) is 10.1 Å². The Kier molecular flexibility index (Phi) is 4.65. The van der Waals surface area contributed by atoms with E-state index in [1.807, 2.05) is 24.3 Å². The van der Waals surface area contributed by atoms with Crippen LogP contribution in [0.4, 0.5) is 5.13 Å². The van der Waals surface area contributed by atoms with Crippen molar-refractivity contribution >= 4 is 22.4 Å². The SMILES string of the molecule is COc1ccccc1Cc1nnc(NC(=O)[C@@H]2CCCO2)s1. The van der Waals surface area contributed by atoms with Gasteiger partial charge in [0, 0.05) is 18.6 Å². The van der Waals surface area contributed by atoms with Gasteiger partial charge < -0.3 is 9.47 Å². The molecule has 0 spiro atoms. The van der Waals surface area contributed by atoms with Crippen LogP contribution in [0.2, 0.25) is 0 Å². The van der Waals surface area contributed by atoms with Gasteiger partial charge >= 0.3 is 0 Å². The maximum Gasteiger partial charge on any atom is 0.255 e. The number of nitrogens with one attached hydrogen (secondary N) is 1. The van der Waals surface area contributed by atoms with Crippen LogP contribution in [-0.4, -0.2) is 35.9 Å². The highest BCUT2D eigenvalue weighted by molar-refractivity contribution is 7.15. The fraction of sp³-hybridized carbons (Fsp3) is 0.400. The van der Waals surface area contributed by atoms with E-state index in [0.29, 0.717) is 18.2 Å². The third kappa shape index (κ3) is 3.42. The topological polar surface area (TPSA) is 73.3 Å². The summed E-state index contributed by atoms with van der Waals surface area (Å²) in [4.78, 5) is 12.0. The molecule has 1 aliphatic heterocycles. The van der Waals surface area contributed by atoms with Gasteiger partial charge in [0.15, 0.2) is 0 Å². The molecular weight excluding hydrogens is 302 g/mol. The summed E-state index contributed by atoms with van der Waals surface area (Å²) in [5.41, 5.74) is 1.04. The van der Waals surface area contributed by atoms with Crippen LogP contribution in [0, 0.1) is 0 Å². The predicted octanol–water partition coefficient (Wildman–Crippen LogP) is 2.25. The second kappa shape index (κ2) is 6.85. The van der Waals surface area contributed by atoms with Crippen molar-refractivity contribution in [2.75, 3.05) is 19.0 Å². The van der Waals surface area contributed by atoms with E-state index >= 15 is 0 Å². The van der Waals surface area contributed by atoms with Crippen molar-refractivity contribution in [1.82, 2.24) is 10.2 Å². The van der Waals surface area contributed by atoms with Crippen molar-refractivity contribution in [2.45, 2.75) is 25.4 Å². The average Bonchev–Trinajstić information content (AvgIpc) is 3.20. The van der Waals surface area contributed by atoms with E-state index in [1.165, 1.54) is 11.3 Å². The fourth-order valence-electron chi connectivity index (χ4n) is 2.36. The van der Waals surface area contributed by atoms with Crippen LogP contribution in [0.5, 0.6) is 5.75 Å². The van der Waals surface area contributed by atoms with Crippen molar-refractivity contribution < 1.29 is 14.3 Å². The van der Waals surface area contributed by atoms with Crippen molar-refractivity contribution in [3.05, 3.63) is 34.8 Å². The Morgan fingerprint density at radius 2 is 2.32 bits per heavy atom. The molecule has 1 atom stereocenters. The third-order valence-electron chi connectivity index (χ3n) is 3.45. The molecule has 0 unspecified atom stereocenters. The number of amides is 1. The van der Waals surface area contributed by atoms with Crippen LogP contribution in [0.15, 0.2) is 24.3 Å². The zero-order chi connectivity index (χ0) is 15.4. The van der Waals surface area contributed by atoms with E-state index in [1.54, 1.807) is 7.11 Å². The maximum absolute atomic E-state index is 12.0. The van der Waals surface area contributed by atoms with Crippen molar-refractivity contribution in [3.8, 4) is 5.75 Å². The number of hydrogen-bond donors (Lipinski definition) is 1. The zero-order valence-electron chi connectivity index (χ0n) is 12.2. The molecule has 1 saturated heterocycles. The van der Waals surface area contributed by atoms with Crippen LogP contribution < -0.4 is 10.1 Å². The molecule has 1 aromatic heterocycles. The number of hydrogen-bond acceptors (Lipinski definition) is 6. The van der Waals surface area contributed by atoms with Gasteiger partial charge in [-0.25, -0.2) is 0 Å². The Morgan fingerprint density at radius 1 is 1.45 bits per heavy atom. The highest BCUT2D eigenvalue weighted by Gasteiger charge is 2.24. The van der Waals surface area contributed by atoms with Gasteiger partial charge in [0.25, 0.3) is 5.91 Å². The molecule has 0 aliphatic carbocycles. The molecule has 1 amide bonds. The number of ether oxygens (including phenoxy) is 2. The second-order valence-electron chi connectivity index (χ2n) is 4.98. The van der Waals surface area contributed by atoms with E-state index in [4.69, 9.17) is 9.47 Å². The summed E-state index contributed by atoms with van der Waals surface area (Å²) >= 11 is 1.37. The predicted molar refractivity (Wildman–Crippen MR) is 83.3 cm³/mol. The molecular formula is C15H17N3O3S. The largest absolute Gasteiger partial charge is 0.496 e.